The number of fused-ring (bicyclic) bond motifs is 1. The maximum absolute atomic E-state index is 5.83. The van der Waals surface area contributed by atoms with E-state index in [0.717, 1.165) is 48.8 Å². The lowest BCUT2D eigenvalue weighted by atomic mass is 10.1. The number of furan rings is 1. The van der Waals surface area contributed by atoms with Gasteiger partial charge in [-0.15, -0.1) is 0 Å². The third kappa shape index (κ3) is 3.25. The van der Waals surface area contributed by atoms with E-state index < -0.39 is 0 Å². The average molecular weight is 301 g/mol. The predicted molar refractivity (Wildman–Crippen MR) is 88.0 cm³/mol. The van der Waals surface area contributed by atoms with Crippen LogP contribution in [0.2, 0.25) is 0 Å². The SMILES string of the molecule is CN=C(NCc1cc2ccccc2o1)N1CCC(COC)C1. The van der Waals surface area contributed by atoms with E-state index in [0.29, 0.717) is 12.5 Å². The number of rotatable bonds is 4. The Hall–Kier alpha value is -2.01. The first kappa shape index (κ1) is 14.9. The summed E-state index contributed by atoms with van der Waals surface area (Å²) in [7, 11) is 3.59. The number of hydrogen-bond acceptors (Lipinski definition) is 3. The summed E-state index contributed by atoms with van der Waals surface area (Å²) >= 11 is 0. The van der Waals surface area contributed by atoms with Gasteiger partial charge in [0.15, 0.2) is 5.96 Å². The van der Waals surface area contributed by atoms with E-state index in [1.165, 1.54) is 0 Å². The molecule has 3 rings (SSSR count). The normalized spacial score (nSPS) is 19.1. The Labute approximate surface area is 131 Å². The summed E-state index contributed by atoms with van der Waals surface area (Å²) in [5.41, 5.74) is 0.926. The highest BCUT2D eigenvalue weighted by Gasteiger charge is 2.24. The quantitative estimate of drug-likeness (QED) is 0.696. The van der Waals surface area contributed by atoms with Gasteiger partial charge < -0.3 is 19.4 Å². The summed E-state index contributed by atoms with van der Waals surface area (Å²) in [6.45, 7) is 3.48. The van der Waals surface area contributed by atoms with Gasteiger partial charge in [0.2, 0.25) is 0 Å². The molecular formula is C17H23N3O2. The largest absolute Gasteiger partial charge is 0.459 e. The molecule has 5 nitrogen and oxygen atoms in total. The number of likely N-dealkylation sites (tertiary alicyclic amines) is 1. The zero-order valence-corrected chi connectivity index (χ0v) is 13.2. The Bertz CT molecular complexity index is 617. The van der Waals surface area contributed by atoms with Crippen molar-refractivity contribution in [1.29, 1.82) is 0 Å². The maximum atomic E-state index is 5.83. The van der Waals surface area contributed by atoms with Crippen molar-refractivity contribution in [1.82, 2.24) is 10.2 Å². The van der Waals surface area contributed by atoms with Crippen molar-refractivity contribution in [3.05, 3.63) is 36.1 Å². The van der Waals surface area contributed by atoms with Gasteiger partial charge in [-0.1, -0.05) is 18.2 Å². The number of benzene rings is 1. The molecule has 1 saturated heterocycles. The Balaban J connectivity index is 1.59. The number of guanidine groups is 1. The molecule has 0 aliphatic carbocycles. The molecule has 1 aliphatic heterocycles. The summed E-state index contributed by atoms with van der Waals surface area (Å²) in [5, 5.41) is 4.53. The van der Waals surface area contributed by atoms with Crippen molar-refractivity contribution in [2.24, 2.45) is 10.9 Å². The molecule has 1 N–H and O–H groups in total. The van der Waals surface area contributed by atoms with Gasteiger partial charge in [0.05, 0.1) is 13.2 Å². The smallest absolute Gasteiger partial charge is 0.194 e. The second-order valence-electron chi connectivity index (χ2n) is 5.71. The molecule has 1 atom stereocenters. The van der Waals surface area contributed by atoms with Crippen LogP contribution in [0.1, 0.15) is 12.2 Å². The number of methoxy groups -OCH3 is 1. The van der Waals surface area contributed by atoms with Crippen LogP contribution in [0.4, 0.5) is 0 Å². The molecule has 1 unspecified atom stereocenters. The number of para-hydroxylation sites is 1. The second-order valence-corrected chi connectivity index (χ2v) is 5.71. The molecule has 5 heteroatoms. The van der Waals surface area contributed by atoms with Gasteiger partial charge in [0, 0.05) is 38.6 Å². The Morgan fingerprint density at radius 2 is 2.32 bits per heavy atom. The maximum Gasteiger partial charge on any atom is 0.194 e. The van der Waals surface area contributed by atoms with Crippen molar-refractivity contribution >= 4 is 16.9 Å². The van der Waals surface area contributed by atoms with Gasteiger partial charge in [-0.05, 0) is 18.6 Å². The zero-order chi connectivity index (χ0) is 15.4. The molecule has 22 heavy (non-hydrogen) atoms. The minimum atomic E-state index is 0.592. The van der Waals surface area contributed by atoms with Crippen LogP contribution in [0.25, 0.3) is 11.0 Å². The van der Waals surface area contributed by atoms with Gasteiger partial charge in [-0.25, -0.2) is 0 Å². The molecule has 1 aromatic carbocycles. The topological polar surface area (TPSA) is 50.0 Å². The Kier molecular flexibility index (Phi) is 4.63. The minimum absolute atomic E-state index is 0.592. The van der Waals surface area contributed by atoms with E-state index in [2.05, 4.69) is 27.3 Å². The van der Waals surface area contributed by atoms with E-state index in [-0.39, 0.29) is 0 Å². The van der Waals surface area contributed by atoms with Gasteiger partial charge in [0.25, 0.3) is 0 Å². The lowest BCUT2D eigenvalue weighted by Crippen LogP contribution is -2.39. The van der Waals surface area contributed by atoms with Crippen molar-refractivity contribution in [2.75, 3.05) is 33.9 Å². The molecule has 0 saturated carbocycles. The monoisotopic (exact) mass is 301 g/mol. The third-order valence-corrected chi connectivity index (χ3v) is 4.10. The van der Waals surface area contributed by atoms with Crippen LogP contribution in [-0.2, 0) is 11.3 Å². The van der Waals surface area contributed by atoms with Crippen LogP contribution in [0.5, 0.6) is 0 Å². The van der Waals surface area contributed by atoms with Crippen LogP contribution in [0.3, 0.4) is 0 Å². The van der Waals surface area contributed by atoms with E-state index >= 15 is 0 Å². The fourth-order valence-corrected chi connectivity index (χ4v) is 3.02. The van der Waals surface area contributed by atoms with Crippen molar-refractivity contribution < 1.29 is 9.15 Å². The summed E-state index contributed by atoms with van der Waals surface area (Å²) in [6.07, 6.45) is 1.15. The number of nitrogens with zero attached hydrogens (tertiary/aromatic N) is 2. The Morgan fingerprint density at radius 1 is 1.45 bits per heavy atom. The van der Waals surface area contributed by atoms with Crippen LogP contribution in [-0.4, -0.2) is 44.7 Å². The first-order valence-electron chi connectivity index (χ1n) is 7.72. The molecule has 1 fully saturated rings. The van der Waals surface area contributed by atoms with E-state index in [1.54, 1.807) is 7.11 Å². The first-order valence-corrected chi connectivity index (χ1v) is 7.72. The fraction of sp³-hybridized carbons (Fsp3) is 0.471. The van der Waals surface area contributed by atoms with E-state index in [1.807, 2.05) is 25.2 Å². The first-order chi connectivity index (χ1) is 10.8. The third-order valence-electron chi connectivity index (χ3n) is 4.10. The van der Waals surface area contributed by atoms with Crippen molar-refractivity contribution in [3.63, 3.8) is 0 Å². The van der Waals surface area contributed by atoms with Gasteiger partial charge in [-0.3, -0.25) is 4.99 Å². The fourth-order valence-electron chi connectivity index (χ4n) is 3.02. The Morgan fingerprint density at radius 3 is 3.09 bits per heavy atom. The van der Waals surface area contributed by atoms with Crippen LogP contribution in [0, 0.1) is 5.92 Å². The molecule has 1 aliphatic rings. The molecule has 2 heterocycles. The highest BCUT2D eigenvalue weighted by Crippen LogP contribution is 2.19. The summed E-state index contributed by atoms with van der Waals surface area (Å²) in [6, 6.07) is 10.1. The number of aliphatic imine (C=N–C) groups is 1. The highest BCUT2D eigenvalue weighted by molar-refractivity contribution is 5.81. The molecule has 118 valence electrons. The van der Waals surface area contributed by atoms with Crippen molar-refractivity contribution in [2.45, 2.75) is 13.0 Å². The van der Waals surface area contributed by atoms with E-state index in [4.69, 9.17) is 9.15 Å². The summed E-state index contributed by atoms with van der Waals surface area (Å²) in [4.78, 5) is 6.67. The minimum Gasteiger partial charge on any atom is -0.459 e. The average Bonchev–Trinajstić information content (AvgIpc) is 3.15. The van der Waals surface area contributed by atoms with Crippen molar-refractivity contribution in [3.8, 4) is 0 Å². The molecule has 1 aromatic heterocycles. The van der Waals surface area contributed by atoms with Crippen LogP contribution in [0.15, 0.2) is 39.7 Å². The van der Waals surface area contributed by atoms with E-state index in [9.17, 15) is 0 Å². The molecule has 2 aromatic rings. The van der Waals surface area contributed by atoms with Crippen LogP contribution >= 0.6 is 0 Å². The van der Waals surface area contributed by atoms with Gasteiger partial charge >= 0.3 is 0 Å². The molecule has 0 amide bonds. The van der Waals surface area contributed by atoms with Gasteiger partial charge in [0.1, 0.15) is 11.3 Å². The predicted octanol–water partition coefficient (Wildman–Crippen LogP) is 2.48. The number of nitrogens with one attached hydrogen (secondary N) is 1. The molecule has 0 bridgehead atoms. The lowest BCUT2D eigenvalue weighted by molar-refractivity contribution is 0.157. The lowest BCUT2D eigenvalue weighted by Gasteiger charge is -2.21. The number of ether oxygens (including phenoxy) is 1. The summed E-state index contributed by atoms with van der Waals surface area (Å²) < 4.78 is 11.1. The molecule has 0 radical (unpaired) electrons. The molecular weight excluding hydrogens is 278 g/mol. The standard InChI is InChI=1S/C17H23N3O2/c1-18-17(20-8-7-13(11-20)12-21-2)19-10-15-9-14-5-3-4-6-16(14)22-15/h3-6,9,13H,7-8,10-12H2,1-2H3,(H,18,19). The summed E-state index contributed by atoms with van der Waals surface area (Å²) in [5.74, 6) is 2.45. The van der Waals surface area contributed by atoms with Crippen LogP contribution < -0.4 is 5.32 Å². The zero-order valence-electron chi connectivity index (χ0n) is 13.2. The number of hydrogen-bond donors (Lipinski definition) is 1. The second kappa shape index (κ2) is 6.83. The highest BCUT2D eigenvalue weighted by atomic mass is 16.5. The molecule has 0 spiro atoms. The van der Waals surface area contributed by atoms with Gasteiger partial charge in [-0.2, -0.15) is 0 Å².